The molecule has 1 heterocycles. The van der Waals surface area contributed by atoms with Gasteiger partial charge in [-0.1, -0.05) is 25.7 Å². The second-order valence-electron chi connectivity index (χ2n) is 5.62. The van der Waals surface area contributed by atoms with Crippen molar-refractivity contribution in [1.29, 1.82) is 5.26 Å². The first kappa shape index (κ1) is 12.9. The van der Waals surface area contributed by atoms with Gasteiger partial charge in [-0.3, -0.25) is 4.90 Å². The van der Waals surface area contributed by atoms with E-state index in [2.05, 4.69) is 23.2 Å². The molecule has 0 spiro atoms. The molecule has 0 amide bonds. The molecule has 0 aromatic heterocycles. The lowest BCUT2D eigenvalue weighted by Gasteiger charge is -2.45. The highest BCUT2D eigenvalue weighted by Crippen LogP contribution is 2.27. The van der Waals surface area contributed by atoms with Crippen LogP contribution in [-0.2, 0) is 0 Å². The van der Waals surface area contributed by atoms with Crippen molar-refractivity contribution in [1.82, 2.24) is 10.2 Å². The molecule has 3 heteroatoms. The molecule has 1 aliphatic heterocycles. The van der Waals surface area contributed by atoms with E-state index in [0.717, 1.165) is 19.1 Å². The Bertz CT molecular complexity index is 263. The van der Waals surface area contributed by atoms with Crippen LogP contribution >= 0.6 is 0 Å². The maximum atomic E-state index is 8.97. The summed E-state index contributed by atoms with van der Waals surface area (Å²) in [5.74, 6) is 0. The van der Waals surface area contributed by atoms with Crippen molar-refractivity contribution in [3.63, 3.8) is 0 Å². The van der Waals surface area contributed by atoms with Crippen molar-refractivity contribution in [2.24, 2.45) is 0 Å². The van der Waals surface area contributed by atoms with Crippen LogP contribution in [0.1, 0.15) is 51.9 Å². The van der Waals surface area contributed by atoms with Crippen LogP contribution in [0.5, 0.6) is 0 Å². The van der Waals surface area contributed by atoms with Crippen LogP contribution in [0, 0.1) is 11.3 Å². The average molecular weight is 235 g/mol. The van der Waals surface area contributed by atoms with E-state index < -0.39 is 0 Å². The number of rotatable bonds is 2. The van der Waals surface area contributed by atoms with E-state index in [0.29, 0.717) is 18.5 Å². The lowest BCUT2D eigenvalue weighted by atomic mass is 9.98. The minimum Gasteiger partial charge on any atom is -0.314 e. The summed E-state index contributed by atoms with van der Waals surface area (Å²) in [7, 11) is 0. The van der Waals surface area contributed by atoms with E-state index in [-0.39, 0.29) is 0 Å². The van der Waals surface area contributed by atoms with E-state index in [1.807, 2.05) is 0 Å². The normalized spacial score (nSPS) is 32.9. The van der Waals surface area contributed by atoms with Crippen LogP contribution in [0.2, 0.25) is 0 Å². The molecule has 2 atom stereocenters. The molecule has 1 N–H and O–H groups in total. The first-order valence-electron chi connectivity index (χ1n) is 7.18. The van der Waals surface area contributed by atoms with Crippen molar-refractivity contribution >= 4 is 0 Å². The maximum Gasteiger partial charge on any atom is 0.0638 e. The fourth-order valence-electron chi connectivity index (χ4n) is 3.53. The molecule has 1 aliphatic carbocycles. The fourth-order valence-corrected chi connectivity index (χ4v) is 3.53. The number of hydrogen-bond acceptors (Lipinski definition) is 3. The van der Waals surface area contributed by atoms with Gasteiger partial charge >= 0.3 is 0 Å². The highest BCUT2D eigenvalue weighted by atomic mass is 15.3. The summed E-state index contributed by atoms with van der Waals surface area (Å²) in [6.45, 7) is 4.38. The minimum atomic E-state index is 0.437. The minimum absolute atomic E-state index is 0.437. The predicted octanol–water partition coefficient (Wildman–Crippen LogP) is 2.29. The maximum absolute atomic E-state index is 8.97. The Balaban J connectivity index is 2.04. The zero-order chi connectivity index (χ0) is 12.1. The molecule has 1 saturated heterocycles. The molecule has 96 valence electrons. The van der Waals surface area contributed by atoms with Crippen LogP contribution < -0.4 is 5.32 Å². The van der Waals surface area contributed by atoms with E-state index in [1.165, 1.54) is 38.5 Å². The van der Waals surface area contributed by atoms with Crippen LogP contribution in [0.25, 0.3) is 0 Å². The number of nitrogens with zero attached hydrogens (tertiary/aromatic N) is 2. The molecule has 0 aromatic rings. The van der Waals surface area contributed by atoms with E-state index >= 15 is 0 Å². The zero-order valence-corrected chi connectivity index (χ0v) is 11.0. The van der Waals surface area contributed by atoms with E-state index in [4.69, 9.17) is 5.26 Å². The van der Waals surface area contributed by atoms with Crippen molar-refractivity contribution in [3.8, 4) is 6.07 Å². The van der Waals surface area contributed by atoms with E-state index in [1.54, 1.807) is 0 Å². The molecule has 1 saturated carbocycles. The smallest absolute Gasteiger partial charge is 0.0638 e. The molecular formula is C14H25N3. The third-order valence-electron chi connectivity index (χ3n) is 4.32. The summed E-state index contributed by atoms with van der Waals surface area (Å²) < 4.78 is 0. The molecule has 0 bridgehead atoms. The molecule has 17 heavy (non-hydrogen) atoms. The third kappa shape index (κ3) is 3.20. The molecule has 0 aromatic carbocycles. The monoisotopic (exact) mass is 235 g/mol. The van der Waals surface area contributed by atoms with Crippen molar-refractivity contribution in [2.75, 3.05) is 13.1 Å². The number of nitrogens with one attached hydrogen (secondary N) is 1. The van der Waals surface area contributed by atoms with Crippen molar-refractivity contribution in [2.45, 2.75) is 70.0 Å². The van der Waals surface area contributed by atoms with Gasteiger partial charge in [0.05, 0.1) is 12.5 Å². The van der Waals surface area contributed by atoms with Gasteiger partial charge in [-0.25, -0.2) is 0 Å². The van der Waals surface area contributed by atoms with Crippen molar-refractivity contribution in [3.05, 3.63) is 0 Å². The first-order chi connectivity index (χ1) is 8.33. The number of nitriles is 1. The van der Waals surface area contributed by atoms with Gasteiger partial charge in [-0.2, -0.15) is 5.26 Å². The highest BCUT2D eigenvalue weighted by molar-refractivity contribution is 4.94. The van der Waals surface area contributed by atoms with Gasteiger partial charge in [-0.05, 0) is 19.8 Å². The summed E-state index contributed by atoms with van der Waals surface area (Å²) in [5.41, 5.74) is 0. The number of hydrogen-bond donors (Lipinski definition) is 1. The average Bonchev–Trinajstić information content (AvgIpc) is 2.58. The van der Waals surface area contributed by atoms with Crippen LogP contribution in [0.4, 0.5) is 0 Å². The van der Waals surface area contributed by atoms with E-state index in [9.17, 15) is 0 Å². The Labute approximate surface area is 105 Å². The summed E-state index contributed by atoms with van der Waals surface area (Å²) >= 11 is 0. The predicted molar refractivity (Wildman–Crippen MR) is 69.7 cm³/mol. The molecular weight excluding hydrogens is 210 g/mol. The van der Waals surface area contributed by atoms with Crippen LogP contribution in [-0.4, -0.2) is 36.1 Å². The summed E-state index contributed by atoms with van der Waals surface area (Å²) in [5, 5.41) is 12.4. The topological polar surface area (TPSA) is 39.1 Å². The first-order valence-corrected chi connectivity index (χ1v) is 7.18. The van der Waals surface area contributed by atoms with Crippen molar-refractivity contribution < 1.29 is 0 Å². The van der Waals surface area contributed by atoms with Gasteiger partial charge in [0.25, 0.3) is 0 Å². The zero-order valence-electron chi connectivity index (χ0n) is 11.0. The van der Waals surface area contributed by atoms with Gasteiger partial charge in [0.2, 0.25) is 0 Å². The molecule has 2 aliphatic rings. The molecule has 0 radical (unpaired) electrons. The number of piperazine rings is 1. The largest absolute Gasteiger partial charge is 0.314 e. The lowest BCUT2D eigenvalue weighted by molar-refractivity contribution is 0.0519. The standard InChI is InChI=1S/C14H25N3/c1-12-10-16-11-14(8-9-15)17(12)13-6-4-2-3-5-7-13/h12-14,16H,2-8,10-11H2,1H3. The van der Waals surface area contributed by atoms with Gasteiger partial charge < -0.3 is 5.32 Å². The third-order valence-corrected chi connectivity index (χ3v) is 4.32. The lowest BCUT2D eigenvalue weighted by Crippen LogP contribution is -2.59. The van der Waals surface area contributed by atoms with Gasteiger partial charge in [-0.15, -0.1) is 0 Å². The molecule has 2 fully saturated rings. The van der Waals surface area contributed by atoms with Crippen LogP contribution in [0.3, 0.4) is 0 Å². The Hall–Kier alpha value is -0.590. The fraction of sp³-hybridized carbons (Fsp3) is 0.929. The molecule has 2 rings (SSSR count). The molecule has 2 unspecified atom stereocenters. The van der Waals surface area contributed by atoms with Crippen LogP contribution in [0.15, 0.2) is 0 Å². The summed E-state index contributed by atoms with van der Waals surface area (Å²) in [4.78, 5) is 2.66. The van der Waals surface area contributed by atoms with Gasteiger partial charge in [0, 0.05) is 31.2 Å². The highest BCUT2D eigenvalue weighted by Gasteiger charge is 2.33. The Morgan fingerprint density at radius 3 is 2.53 bits per heavy atom. The Morgan fingerprint density at radius 1 is 1.18 bits per heavy atom. The summed E-state index contributed by atoms with van der Waals surface area (Å²) in [6, 6.07) is 4.12. The second kappa shape index (κ2) is 6.37. The molecule has 3 nitrogen and oxygen atoms in total. The Kier molecular flexibility index (Phi) is 4.82. The quantitative estimate of drug-likeness (QED) is 0.746. The van der Waals surface area contributed by atoms with Gasteiger partial charge in [0.1, 0.15) is 0 Å². The second-order valence-corrected chi connectivity index (χ2v) is 5.62. The van der Waals surface area contributed by atoms with Gasteiger partial charge in [0.15, 0.2) is 0 Å². The SMILES string of the molecule is CC1CNCC(CC#N)N1C1CCCCCC1. The summed E-state index contributed by atoms with van der Waals surface area (Å²) in [6.07, 6.45) is 8.91. The Morgan fingerprint density at radius 2 is 1.88 bits per heavy atom.